The highest BCUT2D eigenvalue weighted by molar-refractivity contribution is 7.53. The summed E-state index contributed by atoms with van der Waals surface area (Å²) in [6.07, 6.45) is 9.11. The summed E-state index contributed by atoms with van der Waals surface area (Å²) in [4.78, 5) is 43.7. The lowest BCUT2D eigenvalue weighted by molar-refractivity contribution is 0.0591. The zero-order chi connectivity index (χ0) is 95.0. The Morgan fingerprint density at radius 3 is 0.929 bits per heavy atom. The first-order chi connectivity index (χ1) is 60.5. The van der Waals surface area contributed by atoms with Crippen LogP contribution in [-0.4, -0.2) is 153 Å². The van der Waals surface area contributed by atoms with Crippen molar-refractivity contribution in [2.75, 3.05) is 98.5 Å². The molecule has 25 nitrogen and oxygen atoms in total. The molecule has 0 atom stereocenters. The minimum absolute atomic E-state index is 0.00883. The van der Waals surface area contributed by atoms with E-state index in [4.69, 9.17) is 76.8 Å². The number of carboxylic acid groups (broad SMARTS) is 1. The zero-order valence-corrected chi connectivity index (χ0v) is 78.3. The zero-order valence-electron chi connectivity index (χ0n) is 77.4. The second-order valence-corrected chi connectivity index (χ2v) is 31.2. The highest BCUT2D eigenvalue weighted by Gasteiger charge is 2.25. The number of carbonyl (C=O) groups excluding carboxylic acids is 3. The molecule has 0 saturated carbocycles. The third-order valence-corrected chi connectivity index (χ3v) is 20.4. The van der Waals surface area contributed by atoms with Gasteiger partial charge in [0.05, 0.1) is 128 Å². The quantitative estimate of drug-likeness (QED) is 0.0105. The lowest BCUT2D eigenvalue weighted by Crippen LogP contribution is -2.05. The predicted molar refractivity (Wildman–Crippen MR) is 500 cm³/mol. The Hall–Kier alpha value is -12.9. The van der Waals surface area contributed by atoms with Crippen molar-refractivity contribution in [1.82, 2.24) is 0 Å². The van der Waals surface area contributed by atoms with E-state index in [1.54, 1.807) is 111 Å². The van der Waals surface area contributed by atoms with Crippen LogP contribution in [-0.2, 0) is 35.9 Å². The highest BCUT2D eigenvalue weighted by Crippen LogP contribution is 2.51. The van der Waals surface area contributed by atoms with Crippen LogP contribution in [0.4, 0.5) is 0 Å². The number of aromatic carboxylic acids is 1. The number of methoxy groups -OCH3 is 12. The number of aromatic hydroxyl groups is 4. The Morgan fingerprint density at radius 1 is 0.339 bits per heavy atom. The number of rotatable bonds is 30. The fraction of sp³-hybridized carbons (Fsp3) is 0.327. The van der Waals surface area contributed by atoms with Gasteiger partial charge in [0.1, 0.15) is 86.8 Å². The smallest absolute Gasteiger partial charge is 0.338 e. The Kier molecular flexibility index (Phi) is 48.4. The average Bonchev–Trinajstić information content (AvgIpc) is 0.856. The van der Waals surface area contributed by atoms with Gasteiger partial charge in [-0.1, -0.05) is 185 Å². The van der Waals surface area contributed by atoms with E-state index in [9.17, 15) is 34.0 Å². The van der Waals surface area contributed by atoms with E-state index in [2.05, 4.69) is 87.4 Å². The number of phenols is 4. The SMILES string of the molecule is CC(C)c1c(O)cc(/C=C/c2ccccc2)cc1O.CCOP(=O)(Cc1ccccc1)OCC.COC(=O)c1cc(OC)c(C(C)C)c(OC)c1.COC(=O)c1cc(OC)cc(OC)c1.COc1cc(/C=C/c2ccccc2)cc(OC)c1C(C)C.COc1cc(C=O)cc(OC)c1C(C)C.COc1cc(CO)cc(OC)c1C(C)C.O=C(O)c1cc(O)cc(O)c1. The molecule has 686 valence electrons. The summed E-state index contributed by atoms with van der Waals surface area (Å²) < 4.78 is 84.6. The van der Waals surface area contributed by atoms with Gasteiger partial charge in [0.15, 0.2) is 0 Å². The number of benzene rings is 10. The van der Waals surface area contributed by atoms with E-state index in [1.807, 2.05) is 145 Å². The predicted octanol–water partition coefficient (Wildman–Crippen LogP) is 22.7. The number of esters is 2. The molecule has 6 N–H and O–H groups in total. The monoisotopic (exact) mass is 1770 g/mol. The topological polar surface area (TPSA) is 336 Å². The molecule has 0 aliphatic heterocycles. The van der Waals surface area contributed by atoms with E-state index in [-0.39, 0.29) is 52.9 Å². The van der Waals surface area contributed by atoms with Crippen LogP contribution in [0.3, 0.4) is 0 Å². The van der Waals surface area contributed by atoms with Crippen LogP contribution in [0.1, 0.15) is 215 Å². The van der Waals surface area contributed by atoms with Gasteiger partial charge >= 0.3 is 25.5 Å². The molecule has 26 heteroatoms. The Bertz CT molecular complexity index is 4960. The number of aliphatic hydroxyl groups is 1. The molecule has 0 heterocycles. The normalized spacial score (nSPS) is 10.6. The second-order valence-electron chi connectivity index (χ2n) is 29.1. The fourth-order valence-electron chi connectivity index (χ4n) is 12.6. The average molecular weight is 1770 g/mol. The minimum atomic E-state index is -2.94. The molecule has 127 heavy (non-hydrogen) atoms. The van der Waals surface area contributed by atoms with Crippen LogP contribution >= 0.6 is 7.60 Å². The van der Waals surface area contributed by atoms with Crippen molar-refractivity contribution in [3.05, 3.63) is 272 Å². The van der Waals surface area contributed by atoms with Crippen molar-refractivity contribution in [2.24, 2.45) is 0 Å². The molecule has 0 aliphatic rings. The van der Waals surface area contributed by atoms with Gasteiger partial charge < -0.3 is 96.5 Å². The summed E-state index contributed by atoms with van der Waals surface area (Å²) >= 11 is 0. The van der Waals surface area contributed by atoms with E-state index in [0.717, 1.165) is 97.6 Å². The lowest BCUT2D eigenvalue weighted by Gasteiger charge is -2.17. The molecular weight excluding hydrogens is 1640 g/mol. The van der Waals surface area contributed by atoms with E-state index < -0.39 is 25.5 Å². The summed E-state index contributed by atoms with van der Waals surface area (Å²) in [5, 5.41) is 55.0. The van der Waals surface area contributed by atoms with Crippen molar-refractivity contribution >= 4 is 56.1 Å². The molecule has 0 radical (unpaired) electrons. The van der Waals surface area contributed by atoms with Crippen molar-refractivity contribution in [3.8, 4) is 80.5 Å². The summed E-state index contributed by atoms with van der Waals surface area (Å²) in [5.74, 6) is 6.13. The number of phenolic OH excluding ortho intramolecular Hbond substituents is 4. The molecule has 10 aromatic carbocycles. The minimum Gasteiger partial charge on any atom is -0.508 e. The number of hydrogen-bond acceptors (Lipinski definition) is 24. The highest BCUT2D eigenvalue weighted by atomic mass is 31.2. The fourth-order valence-corrected chi connectivity index (χ4v) is 14.3. The van der Waals surface area contributed by atoms with E-state index in [0.29, 0.717) is 88.0 Å². The molecule has 10 aromatic rings. The lowest BCUT2D eigenvalue weighted by atomic mass is 9.98. The van der Waals surface area contributed by atoms with E-state index >= 15 is 0 Å². The summed E-state index contributed by atoms with van der Waals surface area (Å²) in [6.45, 7) is 24.9. The van der Waals surface area contributed by atoms with Crippen molar-refractivity contribution in [1.29, 1.82) is 0 Å². The third kappa shape index (κ3) is 35.6. The van der Waals surface area contributed by atoms with Crippen LogP contribution in [0.25, 0.3) is 24.3 Å². The maximum absolute atomic E-state index is 12.1. The van der Waals surface area contributed by atoms with Crippen molar-refractivity contribution in [2.45, 2.75) is 125 Å². The molecule has 0 unspecified atom stereocenters. The summed E-state index contributed by atoms with van der Waals surface area (Å²) in [5.41, 5.74) is 11.8. The molecule has 0 aromatic heterocycles. The van der Waals surface area contributed by atoms with Crippen LogP contribution in [0.2, 0.25) is 0 Å². The first kappa shape index (κ1) is 108. The Labute approximate surface area is 748 Å². The standard InChI is InChI=1S/C19H22O2.C17H18O2.C13H18O4.C12H18O3.C12H16O3.C11H17O3P.C10H12O4.C7H6O4/c1-14(2)19-17(20-3)12-16(13-18(19)21-4)11-10-15-8-6-5-7-9-15;1-12(2)17-15(18)10-14(11-16(17)19)9-8-13-6-4-3-5-7-13;1-8(2)12-10(15-3)6-9(13(14)17-5)7-11(12)16-4;2*1-8(2)12-10(14-3)5-9(7-13)6-11(12)15-4;1-3-13-15(12,14-4-2)10-11-8-6-5-7-9-11;1-12-8-4-7(10(11)14-3)5-9(6-8)13-2;8-5-1-4(7(10)11)2-6(9)3-5/h5-14H,1-4H3;3-12,18-19H,1-2H3;6-8H,1-5H3;5-6,8,13H,7H2,1-4H3;5-8H,1-4H3;5-9H,3-4,10H2,1-2H3;4-6H,1-3H3;1-3,8-9H,(H,10,11)/b11-10+;9-8+;;;;;;. The molecule has 10 rings (SSSR count). The molecule has 0 spiro atoms. The number of hydrogen-bond donors (Lipinski definition) is 6. The number of aliphatic hydroxyl groups excluding tert-OH is 1. The first-order valence-corrected chi connectivity index (χ1v) is 42.5. The summed E-state index contributed by atoms with van der Waals surface area (Å²) in [6, 6.07) is 55.7. The molecule has 0 amide bonds. The first-order valence-electron chi connectivity index (χ1n) is 40.7. The van der Waals surface area contributed by atoms with Gasteiger partial charge in [-0.25, -0.2) is 14.4 Å². The van der Waals surface area contributed by atoms with Crippen LogP contribution in [0, 0.1) is 0 Å². The van der Waals surface area contributed by atoms with Gasteiger partial charge in [0.2, 0.25) is 0 Å². The van der Waals surface area contributed by atoms with Crippen LogP contribution in [0.5, 0.6) is 80.5 Å². The largest absolute Gasteiger partial charge is 0.508 e. The molecule has 0 aliphatic carbocycles. The summed E-state index contributed by atoms with van der Waals surface area (Å²) in [7, 11) is 15.8. The van der Waals surface area contributed by atoms with Crippen molar-refractivity contribution in [3.63, 3.8) is 0 Å². The van der Waals surface area contributed by atoms with Gasteiger partial charge in [-0.05, 0) is 162 Å². The second kappa shape index (κ2) is 56.8. The van der Waals surface area contributed by atoms with Crippen LogP contribution < -0.4 is 47.4 Å². The maximum atomic E-state index is 12.1. The van der Waals surface area contributed by atoms with Crippen molar-refractivity contribution < 1.29 is 120 Å². The maximum Gasteiger partial charge on any atom is 0.338 e. The Balaban J connectivity index is 0.000000377. The Morgan fingerprint density at radius 2 is 0.638 bits per heavy atom. The number of aldehydes is 1. The number of carboxylic acids is 1. The number of carbonyl (C=O) groups is 4. The van der Waals surface area contributed by atoms with Gasteiger partial charge in [0, 0.05) is 45.5 Å². The van der Waals surface area contributed by atoms with E-state index in [1.165, 1.54) is 34.0 Å². The number of ether oxygens (including phenoxy) is 12. The third-order valence-electron chi connectivity index (χ3n) is 18.4. The van der Waals surface area contributed by atoms with Gasteiger partial charge in [-0.15, -0.1) is 0 Å². The van der Waals surface area contributed by atoms with Gasteiger partial charge in [-0.2, -0.15) is 0 Å². The molecule has 0 fully saturated rings. The van der Waals surface area contributed by atoms with Gasteiger partial charge in [-0.3, -0.25) is 9.36 Å². The molecular formula is C101H127O25P. The van der Waals surface area contributed by atoms with Gasteiger partial charge in [0.25, 0.3) is 0 Å². The molecule has 0 saturated heterocycles. The molecule has 0 bridgehead atoms. The van der Waals surface area contributed by atoms with Crippen LogP contribution in [0.15, 0.2) is 188 Å².